The van der Waals surface area contributed by atoms with E-state index in [1.807, 2.05) is 20.8 Å². The number of aliphatic hydroxyl groups is 2. The summed E-state index contributed by atoms with van der Waals surface area (Å²) in [6.07, 6.45) is 6.27. The molecule has 30 heavy (non-hydrogen) atoms. The van der Waals surface area contributed by atoms with Crippen LogP contribution < -0.4 is 0 Å². The molecule has 0 radical (unpaired) electrons. The summed E-state index contributed by atoms with van der Waals surface area (Å²) in [5, 5.41) is 28.6. The van der Waals surface area contributed by atoms with Crippen molar-refractivity contribution in [2.75, 3.05) is 0 Å². The minimum atomic E-state index is -1.56. The summed E-state index contributed by atoms with van der Waals surface area (Å²) in [6.45, 7) is 10.1. The van der Waals surface area contributed by atoms with Crippen molar-refractivity contribution < 1.29 is 29.6 Å². The van der Waals surface area contributed by atoms with Gasteiger partial charge in [-0.1, -0.05) is 39.0 Å². The third-order valence-electron chi connectivity index (χ3n) is 6.90. The van der Waals surface area contributed by atoms with Crippen LogP contribution in [0.2, 0.25) is 0 Å². The molecule has 6 nitrogen and oxygen atoms in total. The van der Waals surface area contributed by atoms with Crippen LogP contribution in [0.3, 0.4) is 0 Å². The molecule has 0 aliphatic heterocycles. The molecule has 0 aromatic heterocycles. The maximum absolute atomic E-state index is 12.8. The lowest BCUT2D eigenvalue weighted by Crippen LogP contribution is -2.43. The molecule has 6 heteroatoms. The van der Waals surface area contributed by atoms with Crippen molar-refractivity contribution in [2.24, 2.45) is 29.1 Å². The molecule has 0 spiro atoms. The Labute approximate surface area is 180 Å². The second kappa shape index (κ2) is 10.1. The van der Waals surface area contributed by atoms with Crippen LogP contribution in [0, 0.1) is 29.1 Å². The molecule has 0 saturated carbocycles. The number of esters is 1. The van der Waals surface area contributed by atoms with E-state index in [2.05, 4.69) is 32.1 Å². The molecular weight excluding hydrogens is 384 g/mol. The minimum Gasteiger partial charge on any atom is -0.479 e. The first-order valence-electron chi connectivity index (χ1n) is 11.2. The van der Waals surface area contributed by atoms with Gasteiger partial charge in [0.25, 0.3) is 0 Å². The highest BCUT2D eigenvalue weighted by Gasteiger charge is 2.42. The number of hydrogen-bond acceptors (Lipinski definition) is 5. The van der Waals surface area contributed by atoms with Gasteiger partial charge < -0.3 is 20.1 Å². The molecule has 170 valence electrons. The van der Waals surface area contributed by atoms with Gasteiger partial charge in [0.05, 0.1) is 11.5 Å². The third-order valence-corrected chi connectivity index (χ3v) is 6.90. The van der Waals surface area contributed by atoms with Crippen molar-refractivity contribution in [3.05, 3.63) is 23.8 Å². The van der Waals surface area contributed by atoms with E-state index in [9.17, 15) is 19.8 Å². The number of hydrogen-bond donors (Lipinski definition) is 3. The zero-order valence-corrected chi connectivity index (χ0v) is 18.9. The average Bonchev–Trinajstić information content (AvgIpc) is 2.67. The molecule has 0 heterocycles. The van der Waals surface area contributed by atoms with Crippen LogP contribution in [-0.4, -0.2) is 45.6 Å². The zero-order valence-electron chi connectivity index (χ0n) is 18.9. The summed E-state index contributed by atoms with van der Waals surface area (Å²) in [6, 6.07) is 0. The zero-order chi connectivity index (χ0) is 22.6. The lowest BCUT2D eigenvalue weighted by molar-refractivity contribution is -0.164. The van der Waals surface area contributed by atoms with Crippen LogP contribution in [0.1, 0.15) is 66.7 Å². The van der Waals surface area contributed by atoms with Gasteiger partial charge in [0.1, 0.15) is 6.10 Å². The maximum atomic E-state index is 12.8. The highest BCUT2D eigenvalue weighted by Crippen LogP contribution is 2.45. The van der Waals surface area contributed by atoms with Gasteiger partial charge in [0, 0.05) is 12.3 Å². The Bertz CT molecular complexity index is 679. The van der Waals surface area contributed by atoms with Gasteiger partial charge in [-0.05, 0) is 62.9 Å². The fraction of sp³-hybridized carbons (Fsp3) is 0.750. The monoisotopic (exact) mass is 422 g/mol. The average molecular weight is 423 g/mol. The first kappa shape index (κ1) is 24.6. The van der Waals surface area contributed by atoms with Gasteiger partial charge in [0.15, 0.2) is 6.10 Å². The van der Waals surface area contributed by atoms with E-state index in [0.717, 1.165) is 6.42 Å². The second-order valence-electron chi connectivity index (χ2n) is 9.79. The SMILES string of the molecule is CCC(C)(C)C(=O)O[C@H]1C[C@@H](C)C=C2C=C[C@H](C)[C@H](CC[C@@H](O)C[C@@H](O)C(=O)O)C21. The molecule has 7 atom stereocenters. The number of ether oxygens (including phenoxy) is 1. The van der Waals surface area contributed by atoms with Gasteiger partial charge in [-0.3, -0.25) is 4.79 Å². The molecule has 2 aliphatic carbocycles. The molecule has 3 N–H and O–H groups in total. The molecule has 0 bridgehead atoms. The summed E-state index contributed by atoms with van der Waals surface area (Å²) in [7, 11) is 0. The van der Waals surface area contributed by atoms with Gasteiger partial charge in [-0.2, -0.15) is 0 Å². The van der Waals surface area contributed by atoms with Crippen LogP contribution >= 0.6 is 0 Å². The Balaban J connectivity index is 2.16. The largest absolute Gasteiger partial charge is 0.479 e. The number of rotatable bonds is 9. The lowest BCUT2D eigenvalue weighted by atomic mass is 9.65. The Morgan fingerprint density at radius 1 is 1.27 bits per heavy atom. The summed E-state index contributed by atoms with van der Waals surface area (Å²) in [4.78, 5) is 23.6. The van der Waals surface area contributed by atoms with Crippen LogP contribution in [0.15, 0.2) is 23.8 Å². The Morgan fingerprint density at radius 2 is 1.93 bits per heavy atom. The van der Waals surface area contributed by atoms with E-state index in [4.69, 9.17) is 9.84 Å². The maximum Gasteiger partial charge on any atom is 0.332 e. The van der Waals surface area contributed by atoms with Crippen LogP contribution in [-0.2, 0) is 14.3 Å². The smallest absolute Gasteiger partial charge is 0.332 e. The van der Waals surface area contributed by atoms with Crippen molar-refractivity contribution in [1.29, 1.82) is 0 Å². The van der Waals surface area contributed by atoms with Crippen LogP contribution in [0.4, 0.5) is 0 Å². The fourth-order valence-corrected chi connectivity index (χ4v) is 4.52. The molecule has 0 fully saturated rings. The molecule has 2 aliphatic rings. The normalized spacial score (nSPS) is 30.8. The van der Waals surface area contributed by atoms with Crippen LogP contribution in [0.5, 0.6) is 0 Å². The summed E-state index contributed by atoms with van der Waals surface area (Å²) < 4.78 is 6.07. The number of carbonyl (C=O) groups excluding carboxylic acids is 1. The third kappa shape index (κ3) is 5.94. The minimum absolute atomic E-state index is 0.0643. The Hall–Kier alpha value is -1.66. The first-order valence-corrected chi connectivity index (χ1v) is 11.2. The highest BCUT2D eigenvalue weighted by atomic mass is 16.5. The lowest BCUT2D eigenvalue weighted by Gasteiger charge is -2.44. The highest BCUT2D eigenvalue weighted by molar-refractivity contribution is 5.76. The van der Waals surface area contributed by atoms with Crippen molar-refractivity contribution >= 4 is 11.9 Å². The molecule has 0 saturated heterocycles. The number of aliphatic carboxylic acids is 1. The fourth-order valence-electron chi connectivity index (χ4n) is 4.52. The number of carbonyl (C=O) groups is 2. The molecule has 2 rings (SSSR count). The van der Waals surface area contributed by atoms with Gasteiger partial charge in [-0.25, -0.2) is 4.79 Å². The summed E-state index contributed by atoms with van der Waals surface area (Å²) in [5.41, 5.74) is 0.656. The van der Waals surface area contributed by atoms with Crippen molar-refractivity contribution in [3.8, 4) is 0 Å². The van der Waals surface area contributed by atoms with E-state index in [1.54, 1.807) is 0 Å². The number of carboxylic acids is 1. The standard InChI is InChI=1S/C24H38O6/c1-6-24(4,5)23(29)30-20-12-14(2)11-16-8-7-15(3)18(21(16)20)10-9-17(25)13-19(26)22(27)28/h7-8,11,14-15,17-21,25-26H,6,9-10,12-13H2,1-5H3,(H,27,28)/t14-,15-,17+,18-,19+,20-,21?/m0/s1. The van der Waals surface area contributed by atoms with Crippen molar-refractivity contribution in [2.45, 2.75) is 85.0 Å². The van der Waals surface area contributed by atoms with Gasteiger partial charge in [-0.15, -0.1) is 0 Å². The number of fused-ring (bicyclic) bond motifs is 1. The van der Waals surface area contributed by atoms with E-state index in [0.29, 0.717) is 25.2 Å². The van der Waals surface area contributed by atoms with Crippen molar-refractivity contribution in [1.82, 2.24) is 0 Å². The van der Waals surface area contributed by atoms with E-state index >= 15 is 0 Å². The molecule has 1 unspecified atom stereocenters. The quantitative estimate of drug-likeness (QED) is 0.489. The van der Waals surface area contributed by atoms with E-state index < -0.39 is 23.6 Å². The number of allylic oxidation sites excluding steroid dienone is 3. The predicted octanol–water partition coefficient (Wildman–Crippen LogP) is 3.72. The molecule has 0 aromatic rings. The number of carboxylic acid groups (broad SMARTS) is 1. The second-order valence-corrected chi connectivity index (χ2v) is 9.79. The number of aliphatic hydroxyl groups excluding tert-OH is 2. The molecular formula is C24H38O6. The topological polar surface area (TPSA) is 104 Å². The van der Waals surface area contributed by atoms with Crippen molar-refractivity contribution in [3.63, 3.8) is 0 Å². The van der Waals surface area contributed by atoms with Gasteiger partial charge in [0.2, 0.25) is 0 Å². The van der Waals surface area contributed by atoms with E-state index in [1.165, 1.54) is 5.57 Å². The Morgan fingerprint density at radius 3 is 2.53 bits per heavy atom. The first-order chi connectivity index (χ1) is 14.0. The predicted molar refractivity (Wildman–Crippen MR) is 115 cm³/mol. The Kier molecular flexibility index (Phi) is 8.28. The summed E-state index contributed by atoms with van der Waals surface area (Å²) in [5.74, 6) is -0.692. The van der Waals surface area contributed by atoms with E-state index in [-0.39, 0.29) is 36.2 Å². The van der Waals surface area contributed by atoms with Crippen LogP contribution in [0.25, 0.3) is 0 Å². The van der Waals surface area contributed by atoms with Gasteiger partial charge >= 0.3 is 11.9 Å². The molecule has 0 amide bonds. The summed E-state index contributed by atoms with van der Waals surface area (Å²) >= 11 is 0. The molecule has 0 aromatic carbocycles.